The van der Waals surface area contributed by atoms with Crippen LogP contribution in [0, 0.1) is 0 Å². The molecule has 1 N–H and O–H groups in total. The first-order valence-electron chi connectivity index (χ1n) is 6.17. The normalized spacial score (nSPS) is 10.7. The van der Waals surface area contributed by atoms with E-state index in [9.17, 15) is 4.79 Å². The van der Waals surface area contributed by atoms with Crippen molar-refractivity contribution in [2.45, 2.75) is 26.2 Å². The summed E-state index contributed by atoms with van der Waals surface area (Å²) < 4.78 is 5.45. The summed E-state index contributed by atoms with van der Waals surface area (Å²) in [7, 11) is 0. The Morgan fingerprint density at radius 2 is 2.26 bits per heavy atom. The summed E-state index contributed by atoms with van der Waals surface area (Å²) in [5.74, 6) is 1.21. The third-order valence-electron chi connectivity index (χ3n) is 2.52. The lowest BCUT2D eigenvalue weighted by Crippen LogP contribution is -2.25. The molecule has 0 aliphatic rings. The number of rotatable bonds is 5. The first-order chi connectivity index (χ1) is 9.16. The van der Waals surface area contributed by atoms with E-state index in [4.69, 9.17) is 4.42 Å². The number of hydrogen-bond donors (Lipinski definition) is 1. The standard InChI is InChI=1S/C13H16N4O2/c1-9(2)13-17-16-11(19-13)5-7-15-12(18)10-4-3-6-14-8-10/h3-4,6,8-9H,5,7H2,1-2H3,(H,15,18). The summed E-state index contributed by atoms with van der Waals surface area (Å²) in [6.07, 6.45) is 3.67. The molecule has 0 aliphatic heterocycles. The zero-order chi connectivity index (χ0) is 13.7. The molecule has 0 bridgehead atoms. The summed E-state index contributed by atoms with van der Waals surface area (Å²) in [5.41, 5.74) is 0.538. The Morgan fingerprint density at radius 3 is 2.89 bits per heavy atom. The average molecular weight is 260 g/mol. The lowest BCUT2D eigenvalue weighted by molar-refractivity contribution is 0.0953. The van der Waals surface area contributed by atoms with Gasteiger partial charge in [0.15, 0.2) is 0 Å². The van der Waals surface area contributed by atoms with Crippen molar-refractivity contribution in [3.8, 4) is 0 Å². The first-order valence-corrected chi connectivity index (χ1v) is 6.17. The van der Waals surface area contributed by atoms with Crippen molar-refractivity contribution in [3.05, 3.63) is 41.9 Å². The lowest BCUT2D eigenvalue weighted by atomic mass is 10.2. The third-order valence-corrected chi connectivity index (χ3v) is 2.52. The van der Waals surface area contributed by atoms with E-state index in [2.05, 4.69) is 20.5 Å². The second-order valence-corrected chi connectivity index (χ2v) is 4.44. The maximum atomic E-state index is 11.7. The van der Waals surface area contributed by atoms with Gasteiger partial charge in [0.1, 0.15) is 0 Å². The Balaban J connectivity index is 1.81. The second-order valence-electron chi connectivity index (χ2n) is 4.44. The molecule has 0 fully saturated rings. The van der Waals surface area contributed by atoms with E-state index in [1.807, 2.05) is 13.8 Å². The smallest absolute Gasteiger partial charge is 0.252 e. The summed E-state index contributed by atoms with van der Waals surface area (Å²) in [6, 6.07) is 3.44. The van der Waals surface area contributed by atoms with Crippen LogP contribution in [0.1, 0.15) is 41.9 Å². The molecule has 6 heteroatoms. The van der Waals surface area contributed by atoms with E-state index >= 15 is 0 Å². The SMILES string of the molecule is CC(C)c1nnc(CCNC(=O)c2cccnc2)o1. The van der Waals surface area contributed by atoms with Crippen LogP contribution in [0.15, 0.2) is 28.9 Å². The van der Waals surface area contributed by atoms with Gasteiger partial charge < -0.3 is 9.73 Å². The maximum absolute atomic E-state index is 11.7. The van der Waals surface area contributed by atoms with Gasteiger partial charge in [0.25, 0.3) is 5.91 Å². The summed E-state index contributed by atoms with van der Waals surface area (Å²) in [6.45, 7) is 4.43. The molecule has 2 rings (SSSR count). The number of aromatic nitrogens is 3. The molecule has 19 heavy (non-hydrogen) atoms. The monoisotopic (exact) mass is 260 g/mol. The number of nitrogens with zero attached hydrogens (tertiary/aromatic N) is 3. The van der Waals surface area contributed by atoms with Crippen molar-refractivity contribution in [1.29, 1.82) is 0 Å². The molecule has 100 valence electrons. The van der Waals surface area contributed by atoms with E-state index in [1.165, 1.54) is 6.20 Å². The maximum Gasteiger partial charge on any atom is 0.252 e. The van der Waals surface area contributed by atoms with Crippen LogP contribution in [-0.2, 0) is 6.42 Å². The summed E-state index contributed by atoms with van der Waals surface area (Å²) in [4.78, 5) is 15.6. The highest BCUT2D eigenvalue weighted by Crippen LogP contribution is 2.11. The topological polar surface area (TPSA) is 80.9 Å². The fourth-order valence-corrected chi connectivity index (χ4v) is 1.48. The molecule has 1 amide bonds. The number of amides is 1. The summed E-state index contributed by atoms with van der Waals surface area (Å²) in [5, 5.41) is 10.6. The van der Waals surface area contributed by atoms with Crippen molar-refractivity contribution in [1.82, 2.24) is 20.5 Å². The van der Waals surface area contributed by atoms with Gasteiger partial charge >= 0.3 is 0 Å². The minimum absolute atomic E-state index is 0.156. The second kappa shape index (κ2) is 6.08. The van der Waals surface area contributed by atoms with Crippen molar-refractivity contribution < 1.29 is 9.21 Å². The molecule has 2 aromatic heterocycles. The highest BCUT2D eigenvalue weighted by atomic mass is 16.4. The molecule has 0 aromatic carbocycles. The number of carbonyl (C=O) groups is 1. The Morgan fingerprint density at radius 1 is 1.42 bits per heavy atom. The zero-order valence-electron chi connectivity index (χ0n) is 11.0. The first kappa shape index (κ1) is 13.2. The number of hydrogen-bond acceptors (Lipinski definition) is 5. The molecule has 0 aliphatic carbocycles. The predicted molar refractivity (Wildman–Crippen MR) is 68.7 cm³/mol. The molecular formula is C13H16N4O2. The lowest BCUT2D eigenvalue weighted by Gasteiger charge is -2.02. The Bertz CT molecular complexity index is 537. The zero-order valence-corrected chi connectivity index (χ0v) is 11.0. The van der Waals surface area contributed by atoms with E-state index in [0.29, 0.717) is 30.3 Å². The Kier molecular flexibility index (Phi) is 4.22. The van der Waals surface area contributed by atoms with Gasteiger partial charge in [0, 0.05) is 31.3 Å². The molecule has 0 spiro atoms. The van der Waals surface area contributed by atoms with Crippen LogP contribution in [-0.4, -0.2) is 27.6 Å². The Labute approximate surface area is 111 Å². The largest absolute Gasteiger partial charge is 0.425 e. The summed E-state index contributed by atoms with van der Waals surface area (Å²) >= 11 is 0. The molecule has 0 saturated heterocycles. The highest BCUT2D eigenvalue weighted by molar-refractivity contribution is 5.93. The fraction of sp³-hybridized carbons (Fsp3) is 0.385. The number of pyridine rings is 1. The van der Waals surface area contributed by atoms with Gasteiger partial charge in [0.05, 0.1) is 5.56 Å². The van der Waals surface area contributed by atoms with E-state index in [0.717, 1.165) is 0 Å². The third kappa shape index (κ3) is 3.61. The van der Waals surface area contributed by atoms with E-state index in [1.54, 1.807) is 18.3 Å². The fourth-order valence-electron chi connectivity index (χ4n) is 1.48. The van der Waals surface area contributed by atoms with Gasteiger partial charge in [-0.3, -0.25) is 9.78 Å². The van der Waals surface area contributed by atoms with E-state index < -0.39 is 0 Å². The number of nitrogens with one attached hydrogen (secondary N) is 1. The van der Waals surface area contributed by atoms with E-state index in [-0.39, 0.29) is 11.8 Å². The van der Waals surface area contributed by atoms with Crippen molar-refractivity contribution >= 4 is 5.91 Å². The van der Waals surface area contributed by atoms with Crippen LogP contribution in [0.4, 0.5) is 0 Å². The highest BCUT2D eigenvalue weighted by Gasteiger charge is 2.10. The van der Waals surface area contributed by atoms with Crippen LogP contribution >= 0.6 is 0 Å². The molecule has 0 radical (unpaired) electrons. The van der Waals surface area contributed by atoms with Gasteiger partial charge in [-0.25, -0.2) is 0 Å². The molecule has 0 unspecified atom stereocenters. The van der Waals surface area contributed by atoms with Gasteiger partial charge in [-0.15, -0.1) is 10.2 Å². The van der Waals surface area contributed by atoms with Crippen molar-refractivity contribution in [2.75, 3.05) is 6.54 Å². The molecule has 0 saturated carbocycles. The predicted octanol–water partition coefficient (Wildman–Crippen LogP) is 1.56. The van der Waals surface area contributed by atoms with Crippen LogP contribution < -0.4 is 5.32 Å². The quantitative estimate of drug-likeness (QED) is 0.882. The van der Waals surface area contributed by atoms with Crippen LogP contribution in [0.5, 0.6) is 0 Å². The van der Waals surface area contributed by atoms with Crippen LogP contribution in [0.2, 0.25) is 0 Å². The molecular weight excluding hydrogens is 244 g/mol. The van der Waals surface area contributed by atoms with Gasteiger partial charge in [-0.1, -0.05) is 13.8 Å². The molecule has 6 nitrogen and oxygen atoms in total. The minimum atomic E-state index is -0.156. The van der Waals surface area contributed by atoms with Crippen LogP contribution in [0.25, 0.3) is 0 Å². The van der Waals surface area contributed by atoms with Crippen molar-refractivity contribution in [3.63, 3.8) is 0 Å². The molecule has 0 atom stereocenters. The van der Waals surface area contributed by atoms with Crippen molar-refractivity contribution in [2.24, 2.45) is 0 Å². The molecule has 2 heterocycles. The van der Waals surface area contributed by atoms with Gasteiger partial charge in [-0.05, 0) is 12.1 Å². The number of carbonyl (C=O) groups excluding carboxylic acids is 1. The van der Waals surface area contributed by atoms with Gasteiger partial charge in [-0.2, -0.15) is 0 Å². The minimum Gasteiger partial charge on any atom is -0.425 e. The van der Waals surface area contributed by atoms with Gasteiger partial charge in [0.2, 0.25) is 11.8 Å². The molecule has 2 aromatic rings. The van der Waals surface area contributed by atoms with Crippen LogP contribution in [0.3, 0.4) is 0 Å². The average Bonchev–Trinajstić information content (AvgIpc) is 2.89. The Hall–Kier alpha value is -2.24.